The first-order chi connectivity index (χ1) is 17.5. The van der Waals surface area contributed by atoms with Crippen molar-refractivity contribution in [1.82, 2.24) is 14.9 Å². The van der Waals surface area contributed by atoms with Crippen molar-refractivity contribution in [2.75, 3.05) is 36.9 Å². The molecule has 1 fully saturated rings. The van der Waals surface area contributed by atoms with Crippen LogP contribution in [0.5, 0.6) is 5.75 Å². The summed E-state index contributed by atoms with van der Waals surface area (Å²) in [6, 6.07) is 7.92. The quantitative estimate of drug-likeness (QED) is 0.310. The number of fused-ring (bicyclic) bond motifs is 1. The highest BCUT2D eigenvalue weighted by Gasteiger charge is 2.14. The van der Waals surface area contributed by atoms with E-state index in [0.29, 0.717) is 40.5 Å². The molecule has 0 aliphatic carbocycles. The summed E-state index contributed by atoms with van der Waals surface area (Å²) in [6.45, 7) is 5.76. The fraction of sp³-hybridized carbons (Fsp3) is 0.370. The molecule has 1 saturated heterocycles. The highest BCUT2D eigenvalue weighted by atomic mass is 35.5. The molecule has 9 heteroatoms. The lowest BCUT2D eigenvalue weighted by Crippen LogP contribution is -2.30. The number of carbonyl (C=O) groups excluding carboxylic acids is 1. The number of piperidine rings is 1. The van der Waals surface area contributed by atoms with Crippen molar-refractivity contribution in [3.63, 3.8) is 0 Å². The lowest BCUT2D eigenvalue weighted by atomic mass is 10.1. The first-order valence-corrected chi connectivity index (χ1v) is 12.7. The van der Waals surface area contributed by atoms with Crippen LogP contribution in [0, 0.1) is 5.82 Å². The Labute approximate surface area is 215 Å². The Bertz CT molecular complexity index is 1230. The molecule has 0 bridgehead atoms. The molecular formula is C27H31ClFN5O2. The number of amides is 1. The molecule has 0 atom stereocenters. The lowest BCUT2D eigenvalue weighted by Gasteiger charge is -2.25. The predicted molar refractivity (Wildman–Crippen MR) is 143 cm³/mol. The van der Waals surface area contributed by atoms with Crippen LogP contribution < -0.4 is 15.4 Å². The van der Waals surface area contributed by atoms with Crippen molar-refractivity contribution in [2.45, 2.75) is 39.0 Å². The van der Waals surface area contributed by atoms with Gasteiger partial charge in [-0.05, 0) is 69.1 Å². The maximum absolute atomic E-state index is 13.6. The maximum atomic E-state index is 13.6. The second-order valence-corrected chi connectivity index (χ2v) is 9.18. The summed E-state index contributed by atoms with van der Waals surface area (Å²) in [5, 5.41) is 6.78. The first-order valence-electron chi connectivity index (χ1n) is 12.4. The predicted octanol–water partition coefficient (Wildman–Crippen LogP) is 6.33. The largest absolute Gasteiger partial charge is 0.491 e. The van der Waals surface area contributed by atoms with Crippen LogP contribution in [0.1, 0.15) is 39.0 Å². The Morgan fingerprint density at radius 3 is 2.81 bits per heavy atom. The number of ether oxygens (including phenoxy) is 1. The van der Waals surface area contributed by atoms with Gasteiger partial charge < -0.3 is 20.3 Å². The minimum atomic E-state index is -0.499. The second kappa shape index (κ2) is 12.6. The van der Waals surface area contributed by atoms with Gasteiger partial charge in [0.05, 0.1) is 22.8 Å². The third-order valence-corrected chi connectivity index (χ3v) is 6.26. The van der Waals surface area contributed by atoms with Gasteiger partial charge in [0.1, 0.15) is 23.7 Å². The topological polar surface area (TPSA) is 79.4 Å². The molecule has 0 saturated carbocycles. The van der Waals surface area contributed by atoms with E-state index in [-0.39, 0.29) is 10.9 Å². The van der Waals surface area contributed by atoms with Crippen molar-refractivity contribution in [2.24, 2.45) is 0 Å². The zero-order valence-electron chi connectivity index (χ0n) is 20.4. The number of halogens is 2. The van der Waals surface area contributed by atoms with Crippen LogP contribution >= 0.6 is 11.6 Å². The Morgan fingerprint density at radius 1 is 1.19 bits per heavy atom. The van der Waals surface area contributed by atoms with Crippen molar-refractivity contribution in [1.29, 1.82) is 0 Å². The number of nitrogens with zero attached hydrogens (tertiary/aromatic N) is 3. The molecule has 190 valence electrons. The third kappa shape index (κ3) is 6.92. The van der Waals surface area contributed by atoms with Gasteiger partial charge in [-0.15, -0.1) is 0 Å². The molecule has 36 heavy (non-hydrogen) atoms. The average molecular weight is 512 g/mol. The maximum Gasteiger partial charge on any atom is 0.248 e. The number of nitrogens with one attached hydrogen (secondary N) is 2. The molecule has 2 heterocycles. The van der Waals surface area contributed by atoms with E-state index in [0.717, 1.165) is 32.5 Å². The minimum Gasteiger partial charge on any atom is -0.491 e. The summed E-state index contributed by atoms with van der Waals surface area (Å²) in [5.74, 6) is 0.304. The smallest absolute Gasteiger partial charge is 0.248 e. The van der Waals surface area contributed by atoms with Crippen LogP contribution in [0.15, 0.2) is 48.8 Å². The van der Waals surface area contributed by atoms with Gasteiger partial charge in [-0.2, -0.15) is 0 Å². The second-order valence-electron chi connectivity index (χ2n) is 8.77. The summed E-state index contributed by atoms with van der Waals surface area (Å²) < 4.78 is 19.5. The molecule has 1 aromatic heterocycles. The van der Waals surface area contributed by atoms with Crippen LogP contribution in [0.4, 0.5) is 21.6 Å². The number of aromatic nitrogens is 2. The van der Waals surface area contributed by atoms with Gasteiger partial charge in [0.15, 0.2) is 0 Å². The highest BCUT2D eigenvalue weighted by Crippen LogP contribution is 2.34. The number of hydrogen-bond acceptors (Lipinski definition) is 6. The summed E-state index contributed by atoms with van der Waals surface area (Å²) in [4.78, 5) is 23.8. The molecular weight excluding hydrogens is 481 g/mol. The van der Waals surface area contributed by atoms with Crippen LogP contribution in [-0.2, 0) is 4.79 Å². The molecule has 0 radical (unpaired) electrons. The number of carbonyl (C=O) groups is 1. The molecule has 0 unspecified atom stereocenters. The molecule has 3 aromatic rings. The van der Waals surface area contributed by atoms with Crippen LogP contribution in [0.25, 0.3) is 10.9 Å². The van der Waals surface area contributed by atoms with Gasteiger partial charge in [0, 0.05) is 23.7 Å². The van der Waals surface area contributed by atoms with E-state index in [9.17, 15) is 9.18 Å². The number of rotatable bonds is 10. The van der Waals surface area contributed by atoms with Gasteiger partial charge >= 0.3 is 0 Å². The first kappa shape index (κ1) is 25.9. The Balaban J connectivity index is 1.53. The average Bonchev–Trinajstić information content (AvgIpc) is 2.88. The molecule has 2 aromatic carbocycles. The molecule has 1 aliphatic heterocycles. The van der Waals surface area contributed by atoms with E-state index < -0.39 is 5.82 Å². The number of hydrogen-bond donors (Lipinski definition) is 2. The van der Waals surface area contributed by atoms with Crippen molar-refractivity contribution >= 4 is 45.6 Å². The van der Waals surface area contributed by atoms with Gasteiger partial charge in [0.2, 0.25) is 5.91 Å². The molecule has 2 N–H and O–H groups in total. The van der Waals surface area contributed by atoms with Gasteiger partial charge in [-0.25, -0.2) is 14.4 Å². The monoisotopic (exact) mass is 511 g/mol. The molecule has 1 aliphatic rings. The van der Waals surface area contributed by atoms with E-state index >= 15 is 0 Å². The number of anilines is 3. The van der Waals surface area contributed by atoms with Gasteiger partial charge in [0.25, 0.3) is 0 Å². The summed E-state index contributed by atoms with van der Waals surface area (Å²) >= 11 is 5.93. The van der Waals surface area contributed by atoms with Gasteiger partial charge in [-0.3, -0.25) is 4.79 Å². The molecule has 1 amide bonds. The summed E-state index contributed by atoms with van der Waals surface area (Å²) in [7, 11) is 0. The zero-order valence-corrected chi connectivity index (χ0v) is 21.2. The summed E-state index contributed by atoms with van der Waals surface area (Å²) in [5.41, 5.74) is 1.74. The molecule has 0 spiro atoms. The highest BCUT2D eigenvalue weighted by molar-refractivity contribution is 6.31. The van der Waals surface area contributed by atoms with Crippen LogP contribution in [-0.4, -0.2) is 47.0 Å². The fourth-order valence-corrected chi connectivity index (χ4v) is 4.31. The van der Waals surface area contributed by atoms with Crippen molar-refractivity contribution in [3.8, 4) is 5.75 Å². The Hall–Kier alpha value is -3.23. The summed E-state index contributed by atoms with van der Waals surface area (Å²) in [6.07, 6.45) is 10.4. The van der Waals surface area contributed by atoms with Crippen molar-refractivity contribution < 1.29 is 13.9 Å². The number of benzene rings is 2. The Kier molecular flexibility index (Phi) is 9.08. The van der Waals surface area contributed by atoms with E-state index in [1.54, 1.807) is 24.3 Å². The Morgan fingerprint density at radius 2 is 2.03 bits per heavy atom. The molecule has 7 nitrogen and oxygen atoms in total. The zero-order chi connectivity index (χ0) is 25.3. The van der Waals surface area contributed by atoms with E-state index in [2.05, 4.69) is 25.5 Å². The lowest BCUT2D eigenvalue weighted by molar-refractivity contribution is -0.111. The normalized spacial score (nSPS) is 14.3. The van der Waals surface area contributed by atoms with Gasteiger partial charge in [-0.1, -0.05) is 31.0 Å². The third-order valence-electron chi connectivity index (χ3n) is 5.97. The van der Waals surface area contributed by atoms with E-state index in [4.69, 9.17) is 16.3 Å². The van der Waals surface area contributed by atoms with E-state index in [1.165, 1.54) is 37.7 Å². The minimum absolute atomic E-state index is 0.00800. The van der Waals surface area contributed by atoms with Crippen LogP contribution in [0.3, 0.4) is 0 Å². The molecule has 4 rings (SSSR count). The van der Waals surface area contributed by atoms with E-state index in [1.807, 2.05) is 13.0 Å². The van der Waals surface area contributed by atoms with Crippen molar-refractivity contribution in [3.05, 3.63) is 59.7 Å². The standard InChI is InChI=1S/C27H31ClFN5O2/c1-2-14-36-25-17-23-20(27(31-18-30-23)32-19-9-10-22(29)21(28)15-19)16-24(25)33-26(35)8-4-7-13-34-11-5-3-6-12-34/h4,8-10,15-18H,2-3,5-7,11-14H2,1H3,(H,33,35)(H,30,31,32)/b8-4+. The fourth-order valence-electron chi connectivity index (χ4n) is 4.13. The number of likely N-dealkylation sites (tertiary alicyclic amines) is 1. The SMILES string of the molecule is CCCOc1cc2ncnc(Nc3ccc(F)c(Cl)c3)c2cc1NC(=O)/C=C/CCN1CCCCC1. The van der Waals surface area contributed by atoms with Crippen LogP contribution in [0.2, 0.25) is 5.02 Å².